The van der Waals surface area contributed by atoms with Crippen molar-refractivity contribution in [2.45, 2.75) is 221 Å². The van der Waals surface area contributed by atoms with Crippen molar-refractivity contribution in [3.05, 3.63) is 0 Å². The van der Waals surface area contributed by atoms with Crippen LogP contribution >= 0.6 is 0 Å². The summed E-state index contributed by atoms with van der Waals surface area (Å²) < 4.78 is 10.4. The molecule has 280 valence electrons. The van der Waals surface area contributed by atoms with E-state index < -0.39 is 11.9 Å². The van der Waals surface area contributed by atoms with Crippen molar-refractivity contribution in [1.29, 1.82) is 0 Å². The van der Waals surface area contributed by atoms with E-state index in [9.17, 15) is 19.2 Å². The summed E-state index contributed by atoms with van der Waals surface area (Å²) in [7, 11) is 0. The van der Waals surface area contributed by atoms with Gasteiger partial charge in [-0.3, -0.25) is 19.2 Å². The molecular weight excluding hydrogens is 596 g/mol. The molecule has 0 aliphatic carbocycles. The van der Waals surface area contributed by atoms with Crippen molar-refractivity contribution in [3.8, 4) is 0 Å². The van der Waals surface area contributed by atoms with E-state index in [4.69, 9.17) is 19.7 Å². The van der Waals surface area contributed by atoms with Gasteiger partial charge in [-0.2, -0.15) is 0 Å². The Kier molecular flexibility index (Phi) is 43.9. The number of carboxylic acid groups (broad SMARTS) is 2. The van der Waals surface area contributed by atoms with Gasteiger partial charge in [0, 0.05) is 25.7 Å². The Morgan fingerprint density at radius 3 is 1.02 bits per heavy atom. The molecule has 47 heavy (non-hydrogen) atoms. The van der Waals surface area contributed by atoms with Crippen LogP contribution in [-0.2, 0) is 28.7 Å². The summed E-state index contributed by atoms with van der Waals surface area (Å²) in [5.74, 6) is -1.71. The van der Waals surface area contributed by atoms with Gasteiger partial charge in [0.2, 0.25) is 0 Å². The second-order valence-corrected chi connectivity index (χ2v) is 12.8. The van der Waals surface area contributed by atoms with Crippen LogP contribution in [-0.4, -0.2) is 46.8 Å². The van der Waals surface area contributed by atoms with Gasteiger partial charge in [0.1, 0.15) is 12.7 Å². The van der Waals surface area contributed by atoms with Crippen molar-refractivity contribution < 1.29 is 38.9 Å². The molecule has 0 amide bonds. The molecule has 0 radical (unpaired) electrons. The fraction of sp³-hybridized carbons (Fsp3) is 0.897. The molecule has 8 heteroatoms. The normalized spacial score (nSPS) is 11.0. The lowest BCUT2D eigenvalue weighted by molar-refractivity contribution is -0.158. The van der Waals surface area contributed by atoms with Crippen LogP contribution in [0.3, 0.4) is 0 Å². The van der Waals surface area contributed by atoms with Gasteiger partial charge in [0.25, 0.3) is 0 Å². The van der Waals surface area contributed by atoms with Crippen molar-refractivity contribution in [2.75, 3.05) is 6.61 Å². The number of aliphatic carboxylic acids is 2. The molecule has 1 unspecified atom stereocenters. The number of carbonyl (C=O) groups excluding carboxylic acids is 2. The molecule has 0 aromatic carbocycles. The molecule has 0 saturated carbocycles. The number of unbranched alkanes of at least 4 members (excludes halogenated alkanes) is 20. The highest BCUT2D eigenvalue weighted by Crippen LogP contribution is 2.10. The smallest absolute Gasteiger partial charge is 0.306 e. The molecule has 0 saturated heterocycles. The minimum absolute atomic E-state index is 0.162. The van der Waals surface area contributed by atoms with E-state index in [2.05, 4.69) is 27.7 Å². The maximum absolute atomic E-state index is 11.6. The quantitative estimate of drug-likeness (QED) is 0.0550. The third kappa shape index (κ3) is 50.9. The van der Waals surface area contributed by atoms with Gasteiger partial charge >= 0.3 is 23.9 Å². The Hall–Kier alpha value is -2.12. The lowest BCUT2D eigenvalue weighted by atomic mass is 10.1. The number of carbonyl (C=O) groups is 4. The molecular formula is C39H76O8. The number of ether oxygens (including phenoxy) is 2. The second-order valence-electron chi connectivity index (χ2n) is 12.8. The number of hydrogen-bond acceptors (Lipinski definition) is 6. The topological polar surface area (TPSA) is 127 Å². The first-order valence-corrected chi connectivity index (χ1v) is 19.4. The van der Waals surface area contributed by atoms with E-state index in [1.54, 1.807) is 6.92 Å². The molecule has 0 heterocycles. The molecule has 1 atom stereocenters. The van der Waals surface area contributed by atoms with Crippen LogP contribution in [0.15, 0.2) is 0 Å². The first kappa shape index (κ1) is 49.3. The lowest BCUT2D eigenvalue weighted by Gasteiger charge is -2.13. The minimum atomic E-state index is -0.663. The van der Waals surface area contributed by atoms with E-state index in [0.29, 0.717) is 25.7 Å². The highest BCUT2D eigenvalue weighted by atomic mass is 16.6. The summed E-state index contributed by atoms with van der Waals surface area (Å²) in [6.45, 7) is 10.7. The van der Waals surface area contributed by atoms with Gasteiger partial charge in [-0.1, -0.05) is 156 Å². The average Bonchev–Trinajstić information content (AvgIpc) is 3.03. The zero-order chi connectivity index (χ0) is 35.8. The van der Waals surface area contributed by atoms with Gasteiger partial charge in [-0.25, -0.2) is 0 Å². The molecule has 0 spiro atoms. The SMILES string of the molecule is CCCCCCCC(=O)OCC(C)OC(=O)CCCCCCC.CCCCCCCCCC(=O)O.CCCCCCCCCC(=O)O. The molecule has 2 N–H and O–H groups in total. The summed E-state index contributed by atoms with van der Waals surface area (Å²) in [6, 6.07) is 0. The average molecular weight is 673 g/mol. The van der Waals surface area contributed by atoms with Crippen LogP contribution in [0.5, 0.6) is 0 Å². The summed E-state index contributed by atoms with van der Waals surface area (Å²) in [6.07, 6.45) is 28.9. The van der Waals surface area contributed by atoms with Gasteiger partial charge in [-0.05, 0) is 32.6 Å². The molecule has 0 fully saturated rings. The van der Waals surface area contributed by atoms with E-state index in [1.807, 2.05) is 0 Å². The summed E-state index contributed by atoms with van der Waals surface area (Å²) in [4.78, 5) is 43.5. The van der Waals surface area contributed by atoms with Gasteiger partial charge in [-0.15, -0.1) is 0 Å². The van der Waals surface area contributed by atoms with Gasteiger partial charge < -0.3 is 19.7 Å². The fourth-order valence-electron chi connectivity index (χ4n) is 4.81. The Bertz CT molecular complexity index is 666. The van der Waals surface area contributed by atoms with E-state index in [-0.39, 0.29) is 24.6 Å². The highest BCUT2D eigenvalue weighted by molar-refractivity contribution is 5.70. The van der Waals surface area contributed by atoms with Crippen molar-refractivity contribution in [3.63, 3.8) is 0 Å². The molecule has 0 rings (SSSR count). The Morgan fingerprint density at radius 1 is 0.426 bits per heavy atom. The van der Waals surface area contributed by atoms with Crippen LogP contribution in [0, 0.1) is 0 Å². The molecule has 0 aliphatic rings. The maximum Gasteiger partial charge on any atom is 0.306 e. The van der Waals surface area contributed by atoms with Crippen LogP contribution in [0.4, 0.5) is 0 Å². The maximum atomic E-state index is 11.6. The first-order chi connectivity index (χ1) is 22.6. The number of esters is 2. The Balaban J connectivity index is -0.000000680. The molecule has 0 aromatic rings. The van der Waals surface area contributed by atoms with Gasteiger partial charge in [0.05, 0.1) is 0 Å². The third-order valence-corrected chi connectivity index (χ3v) is 7.77. The number of carboxylic acids is 2. The van der Waals surface area contributed by atoms with Crippen LogP contribution < -0.4 is 0 Å². The summed E-state index contributed by atoms with van der Waals surface area (Å²) >= 11 is 0. The summed E-state index contributed by atoms with van der Waals surface area (Å²) in [5.41, 5.74) is 0. The minimum Gasteiger partial charge on any atom is -0.481 e. The first-order valence-electron chi connectivity index (χ1n) is 19.4. The molecule has 0 aromatic heterocycles. The monoisotopic (exact) mass is 673 g/mol. The second kappa shape index (κ2) is 41.9. The highest BCUT2D eigenvalue weighted by Gasteiger charge is 2.12. The Morgan fingerprint density at radius 2 is 0.702 bits per heavy atom. The standard InChI is InChI=1S/C19H36O4.2C10H20O2/c1-4-6-8-10-12-14-18(20)22-16-17(3)23-19(21)15-13-11-9-7-5-2;2*1-2-3-4-5-6-7-8-9-10(11)12/h17H,4-16H2,1-3H3;2*2-9H2,1H3,(H,11,12). The zero-order valence-electron chi connectivity index (χ0n) is 31.4. The Labute approximate surface area is 289 Å². The van der Waals surface area contributed by atoms with Crippen molar-refractivity contribution >= 4 is 23.9 Å². The number of rotatable bonds is 31. The predicted octanol–water partition coefficient (Wildman–Crippen LogP) is 11.6. The molecule has 0 aliphatic heterocycles. The van der Waals surface area contributed by atoms with Gasteiger partial charge in [0.15, 0.2) is 0 Å². The van der Waals surface area contributed by atoms with Crippen molar-refractivity contribution in [2.24, 2.45) is 0 Å². The van der Waals surface area contributed by atoms with Crippen molar-refractivity contribution in [1.82, 2.24) is 0 Å². The zero-order valence-corrected chi connectivity index (χ0v) is 31.4. The lowest BCUT2D eigenvalue weighted by Crippen LogP contribution is -2.22. The van der Waals surface area contributed by atoms with Crippen LogP contribution in [0.25, 0.3) is 0 Å². The van der Waals surface area contributed by atoms with E-state index >= 15 is 0 Å². The predicted molar refractivity (Wildman–Crippen MR) is 194 cm³/mol. The van der Waals surface area contributed by atoms with Crippen LogP contribution in [0.1, 0.15) is 214 Å². The number of hydrogen-bond donors (Lipinski definition) is 2. The largest absolute Gasteiger partial charge is 0.481 e. The molecule has 0 bridgehead atoms. The fourth-order valence-corrected chi connectivity index (χ4v) is 4.81. The van der Waals surface area contributed by atoms with Crippen LogP contribution in [0.2, 0.25) is 0 Å². The van der Waals surface area contributed by atoms with E-state index in [1.165, 1.54) is 103 Å². The van der Waals surface area contributed by atoms with E-state index in [0.717, 1.165) is 51.4 Å². The summed E-state index contributed by atoms with van der Waals surface area (Å²) in [5, 5.41) is 16.7. The third-order valence-electron chi connectivity index (χ3n) is 7.77. The molecule has 8 nitrogen and oxygen atoms in total.